The molecule has 132 valence electrons. The summed E-state index contributed by atoms with van der Waals surface area (Å²) in [5.74, 6) is -0.314. The third kappa shape index (κ3) is 4.64. The summed E-state index contributed by atoms with van der Waals surface area (Å²) in [6.45, 7) is 6.55. The van der Waals surface area contributed by atoms with Crippen LogP contribution in [0.5, 0.6) is 0 Å². The number of nitrogens with one attached hydrogen (secondary N) is 1. The normalized spacial score (nSPS) is 16.1. The van der Waals surface area contributed by atoms with Crippen LogP contribution in [0.1, 0.15) is 36.6 Å². The highest BCUT2D eigenvalue weighted by Crippen LogP contribution is 2.30. The van der Waals surface area contributed by atoms with Crippen molar-refractivity contribution in [3.8, 4) is 0 Å². The van der Waals surface area contributed by atoms with E-state index in [4.69, 9.17) is 0 Å². The fourth-order valence-corrected chi connectivity index (χ4v) is 2.49. The number of aryl methyl sites for hydroxylation is 1. The summed E-state index contributed by atoms with van der Waals surface area (Å²) in [6, 6.07) is 13.3. The Morgan fingerprint density at radius 2 is 1.72 bits per heavy atom. The Kier molecular flexibility index (Phi) is 6.25. The molecule has 25 heavy (non-hydrogen) atoms. The summed E-state index contributed by atoms with van der Waals surface area (Å²) in [4.78, 5) is 10.2. The summed E-state index contributed by atoms with van der Waals surface area (Å²) in [5, 5.41) is 12.4. The van der Waals surface area contributed by atoms with Crippen LogP contribution in [0.25, 0.3) is 0 Å². The van der Waals surface area contributed by atoms with Crippen molar-refractivity contribution >= 4 is 5.69 Å². The van der Waals surface area contributed by atoms with Crippen LogP contribution in [0.3, 0.4) is 0 Å². The molecule has 2 aromatic rings. The van der Waals surface area contributed by atoms with Crippen LogP contribution in [-0.4, -0.2) is 9.93 Å². The molecule has 1 aliphatic heterocycles. The van der Waals surface area contributed by atoms with Gasteiger partial charge in [0.15, 0.2) is 0 Å². The maximum Gasteiger partial charge on any atom is 0.269 e. The van der Waals surface area contributed by atoms with E-state index in [0.717, 1.165) is 5.56 Å². The molecule has 0 saturated carbocycles. The quantitative estimate of drug-likeness (QED) is 0.640. The van der Waals surface area contributed by atoms with Crippen molar-refractivity contribution < 1.29 is 9.31 Å². The lowest BCUT2D eigenvalue weighted by atomic mass is 10.1. The Morgan fingerprint density at radius 1 is 1.12 bits per heavy atom. The number of halogens is 1. The zero-order chi connectivity index (χ0) is 18.4. The molecule has 1 heterocycles. The predicted molar refractivity (Wildman–Crippen MR) is 96.2 cm³/mol. The number of non-ortho nitro benzene ring substituents is 1. The van der Waals surface area contributed by atoms with Gasteiger partial charge in [-0.3, -0.25) is 10.1 Å². The number of benzene rings is 2. The first-order chi connectivity index (χ1) is 12.0. The molecule has 0 radical (unpaired) electrons. The lowest BCUT2D eigenvalue weighted by Crippen LogP contribution is -2.30. The van der Waals surface area contributed by atoms with Crippen molar-refractivity contribution in [1.82, 2.24) is 10.4 Å². The smallest absolute Gasteiger partial charge is 0.269 e. The van der Waals surface area contributed by atoms with Gasteiger partial charge in [-0.1, -0.05) is 55.8 Å². The van der Waals surface area contributed by atoms with E-state index in [1.807, 2.05) is 45.0 Å². The van der Waals surface area contributed by atoms with E-state index < -0.39 is 11.0 Å². The lowest BCUT2D eigenvalue weighted by Gasteiger charge is -2.19. The Hall–Kier alpha value is -2.73. The van der Waals surface area contributed by atoms with Gasteiger partial charge in [0.05, 0.1) is 11.5 Å². The molecule has 0 aliphatic carbocycles. The van der Waals surface area contributed by atoms with Gasteiger partial charge in [0.2, 0.25) is 0 Å². The van der Waals surface area contributed by atoms with E-state index in [2.05, 4.69) is 5.43 Å². The predicted octanol–water partition coefficient (Wildman–Crippen LogP) is 4.80. The second kappa shape index (κ2) is 8.39. The fraction of sp³-hybridized carbons (Fsp3) is 0.263. The van der Waals surface area contributed by atoms with E-state index in [1.165, 1.54) is 23.9 Å². The largest absolute Gasteiger partial charge is 0.308 e. The highest BCUT2D eigenvalue weighted by molar-refractivity contribution is 5.37. The number of nitrogens with zero attached hydrogens (tertiary/aromatic N) is 2. The molecule has 0 bridgehead atoms. The first-order valence-electron chi connectivity index (χ1n) is 8.23. The van der Waals surface area contributed by atoms with Gasteiger partial charge in [-0.15, -0.1) is 0 Å². The van der Waals surface area contributed by atoms with E-state index in [-0.39, 0.29) is 11.5 Å². The van der Waals surface area contributed by atoms with Crippen molar-refractivity contribution in [2.45, 2.75) is 33.4 Å². The number of hydrazine groups is 1. The van der Waals surface area contributed by atoms with Crippen LogP contribution in [0.4, 0.5) is 10.1 Å². The summed E-state index contributed by atoms with van der Waals surface area (Å²) in [5.41, 5.74) is 5.95. The van der Waals surface area contributed by atoms with Gasteiger partial charge in [0, 0.05) is 18.3 Å². The van der Waals surface area contributed by atoms with Crippen LogP contribution in [0.15, 0.2) is 60.6 Å². The van der Waals surface area contributed by atoms with Gasteiger partial charge in [-0.05, 0) is 18.1 Å². The third-order valence-corrected chi connectivity index (χ3v) is 3.76. The molecule has 0 fully saturated rings. The number of rotatable bonds is 4. The lowest BCUT2D eigenvalue weighted by molar-refractivity contribution is -0.384. The average Bonchev–Trinajstić information content (AvgIpc) is 2.99. The van der Waals surface area contributed by atoms with Gasteiger partial charge in [0.1, 0.15) is 11.9 Å². The number of nitro benzene ring substituents is 1. The minimum atomic E-state index is -0.610. The summed E-state index contributed by atoms with van der Waals surface area (Å²) < 4.78 is 14.2. The van der Waals surface area contributed by atoms with E-state index in [1.54, 1.807) is 17.1 Å². The van der Waals surface area contributed by atoms with Gasteiger partial charge in [-0.25, -0.2) is 9.82 Å². The van der Waals surface area contributed by atoms with Crippen LogP contribution >= 0.6 is 0 Å². The van der Waals surface area contributed by atoms with Gasteiger partial charge in [-0.2, -0.15) is 0 Å². The summed E-state index contributed by atoms with van der Waals surface area (Å²) >= 11 is 0. The SMILES string of the molecule is CC.Cc1ccc(CN2C=C(F)C(c3ccc([N+](=O)[O-])cc3)N2)cc1. The second-order valence-corrected chi connectivity index (χ2v) is 5.54. The minimum Gasteiger partial charge on any atom is -0.308 e. The van der Waals surface area contributed by atoms with E-state index in [9.17, 15) is 14.5 Å². The Labute approximate surface area is 146 Å². The molecule has 1 unspecified atom stereocenters. The van der Waals surface area contributed by atoms with Crippen molar-refractivity contribution in [1.29, 1.82) is 0 Å². The highest BCUT2D eigenvalue weighted by atomic mass is 19.1. The molecule has 6 heteroatoms. The molecular weight excluding hydrogens is 321 g/mol. The average molecular weight is 343 g/mol. The molecule has 2 aromatic carbocycles. The van der Waals surface area contributed by atoms with Crippen LogP contribution in [0, 0.1) is 17.0 Å². The topological polar surface area (TPSA) is 58.4 Å². The second-order valence-electron chi connectivity index (χ2n) is 5.54. The van der Waals surface area contributed by atoms with Crippen LogP contribution in [-0.2, 0) is 6.54 Å². The van der Waals surface area contributed by atoms with Crippen LogP contribution < -0.4 is 5.43 Å². The van der Waals surface area contributed by atoms with Crippen molar-refractivity contribution in [2.24, 2.45) is 0 Å². The zero-order valence-corrected chi connectivity index (χ0v) is 14.6. The Morgan fingerprint density at radius 3 is 2.28 bits per heavy atom. The standard InChI is InChI=1S/C17H16FN3O2.C2H6/c1-12-2-4-13(5-3-12)10-20-11-16(18)17(19-20)14-6-8-15(9-7-14)21(22)23;1-2/h2-9,11,17,19H,10H2,1H3;1-2H3. The maximum absolute atomic E-state index is 14.2. The maximum atomic E-state index is 14.2. The molecule has 5 nitrogen and oxygen atoms in total. The molecule has 0 aromatic heterocycles. The number of hydrogen-bond acceptors (Lipinski definition) is 4. The molecule has 1 aliphatic rings. The minimum absolute atomic E-state index is 0.00681. The molecule has 0 spiro atoms. The Bertz CT molecular complexity index is 742. The zero-order valence-electron chi connectivity index (χ0n) is 14.6. The number of nitro groups is 1. The fourth-order valence-electron chi connectivity index (χ4n) is 2.49. The van der Waals surface area contributed by atoms with Crippen molar-refractivity contribution in [2.75, 3.05) is 0 Å². The highest BCUT2D eigenvalue weighted by Gasteiger charge is 2.26. The monoisotopic (exact) mass is 343 g/mol. The Balaban J connectivity index is 0.00000109. The molecule has 0 amide bonds. The van der Waals surface area contributed by atoms with Crippen molar-refractivity contribution in [3.05, 3.63) is 87.4 Å². The van der Waals surface area contributed by atoms with Gasteiger partial charge < -0.3 is 5.01 Å². The summed E-state index contributed by atoms with van der Waals surface area (Å²) in [7, 11) is 0. The van der Waals surface area contributed by atoms with Crippen molar-refractivity contribution in [3.63, 3.8) is 0 Å². The molecule has 0 saturated heterocycles. The van der Waals surface area contributed by atoms with E-state index in [0.29, 0.717) is 12.1 Å². The van der Waals surface area contributed by atoms with Crippen LogP contribution in [0.2, 0.25) is 0 Å². The van der Waals surface area contributed by atoms with E-state index >= 15 is 0 Å². The van der Waals surface area contributed by atoms with Gasteiger partial charge >= 0.3 is 0 Å². The first-order valence-corrected chi connectivity index (χ1v) is 8.23. The molecular formula is C19H22FN3O2. The number of hydrogen-bond donors (Lipinski definition) is 1. The first kappa shape index (κ1) is 18.6. The molecule has 1 N–H and O–H groups in total. The molecule has 1 atom stereocenters. The summed E-state index contributed by atoms with van der Waals surface area (Å²) in [6.07, 6.45) is 1.42. The third-order valence-electron chi connectivity index (χ3n) is 3.76. The van der Waals surface area contributed by atoms with Gasteiger partial charge in [0.25, 0.3) is 5.69 Å². The molecule has 3 rings (SSSR count).